The monoisotopic (exact) mass is 435 g/mol. The molecule has 0 bridgehead atoms. The van der Waals surface area contributed by atoms with E-state index in [4.69, 9.17) is 4.74 Å². The molecule has 1 N–H and O–H groups in total. The maximum absolute atomic E-state index is 13.9. The average molecular weight is 435 g/mol. The number of imidazole rings is 1. The number of ether oxygens (including phenoxy) is 1. The second-order valence-electron chi connectivity index (χ2n) is 7.40. The van der Waals surface area contributed by atoms with Gasteiger partial charge in [-0.2, -0.15) is 0 Å². The molecule has 1 fully saturated rings. The van der Waals surface area contributed by atoms with E-state index in [1.807, 2.05) is 16.8 Å². The fourth-order valence-corrected chi connectivity index (χ4v) is 3.95. The van der Waals surface area contributed by atoms with Crippen LogP contribution in [0.15, 0.2) is 72.8 Å². The van der Waals surface area contributed by atoms with E-state index in [2.05, 4.69) is 4.98 Å². The van der Waals surface area contributed by atoms with Gasteiger partial charge >= 0.3 is 0 Å². The number of hydrogen-bond donors (Lipinski definition) is 1. The smallest absolute Gasteiger partial charge is 0.295 e. The number of aliphatic hydroxyl groups is 1. The highest BCUT2D eigenvalue weighted by molar-refractivity contribution is 6.46. The number of carbonyl (C=O) groups excluding carboxylic acids is 2. The molecule has 1 saturated heterocycles. The van der Waals surface area contributed by atoms with Crippen molar-refractivity contribution in [3.63, 3.8) is 0 Å². The summed E-state index contributed by atoms with van der Waals surface area (Å²) in [4.78, 5) is 31.4. The Labute approximate surface area is 184 Å². The molecular weight excluding hydrogens is 413 g/mol. The van der Waals surface area contributed by atoms with Gasteiger partial charge in [0.25, 0.3) is 11.7 Å². The molecular formula is C24H22FN3O4. The molecule has 3 aromatic rings. The standard InChI is InChI=1S/C24H22FN3O4/c1-32-19-9-8-17(25)14-18(19)22(29)20-21(16-6-3-2-4-7-16)28(24(31)23(20)30)12-5-11-27-13-10-26-15-27/h2-4,6-10,13-15,21,29H,5,11-12H2,1H3/b22-20+/t21-/m1/s1. The Balaban J connectivity index is 1.76. The second kappa shape index (κ2) is 9.05. The number of aromatic nitrogens is 2. The molecule has 2 aromatic carbocycles. The van der Waals surface area contributed by atoms with Gasteiger partial charge < -0.3 is 19.3 Å². The molecule has 8 heteroatoms. The fraction of sp³-hybridized carbons (Fsp3) is 0.208. The van der Waals surface area contributed by atoms with Crippen molar-refractivity contribution in [3.8, 4) is 5.75 Å². The van der Waals surface area contributed by atoms with Gasteiger partial charge in [-0.1, -0.05) is 30.3 Å². The van der Waals surface area contributed by atoms with E-state index in [1.54, 1.807) is 36.8 Å². The lowest BCUT2D eigenvalue weighted by atomic mass is 9.95. The van der Waals surface area contributed by atoms with Gasteiger partial charge in [0.2, 0.25) is 0 Å². The summed E-state index contributed by atoms with van der Waals surface area (Å²) >= 11 is 0. The summed E-state index contributed by atoms with van der Waals surface area (Å²) in [6, 6.07) is 11.8. The number of rotatable bonds is 7. The summed E-state index contributed by atoms with van der Waals surface area (Å²) in [5.74, 6) is -2.39. The Morgan fingerprint density at radius 3 is 2.62 bits per heavy atom. The summed E-state index contributed by atoms with van der Waals surface area (Å²) < 4.78 is 21.1. The first kappa shape index (κ1) is 21.3. The molecule has 1 amide bonds. The summed E-state index contributed by atoms with van der Waals surface area (Å²) in [7, 11) is 1.38. The van der Waals surface area contributed by atoms with Gasteiger partial charge in [0.05, 0.1) is 30.6 Å². The number of Topliss-reactive ketones (excluding diaryl/α,β-unsaturated/α-hetero) is 1. The van der Waals surface area contributed by atoms with Crippen LogP contribution in [0.1, 0.15) is 23.6 Å². The Morgan fingerprint density at radius 1 is 1.16 bits per heavy atom. The molecule has 164 valence electrons. The molecule has 1 aliphatic heterocycles. The minimum Gasteiger partial charge on any atom is -0.507 e. The normalized spacial score (nSPS) is 17.7. The highest BCUT2D eigenvalue weighted by Gasteiger charge is 2.46. The summed E-state index contributed by atoms with van der Waals surface area (Å²) in [5.41, 5.74) is 0.601. The molecule has 7 nitrogen and oxygen atoms in total. The number of likely N-dealkylation sites (tertiary alicyclic amines) is 1. The highest BCUT2D eigenvalue weighted by Crippen LogP contribution is 2.41. The van der Waals surface area contributed by atoms with Crippen LogP contribution in [0.5, 0.6) is 5.75 Å². The Bertz CT molecular complexity index is 1160. The van der Waals surface area contributed by atoms with Crippen LogP contribution >= 0.6 is 0 Å². The van der Waals surface area contributed by atoms with Crippen molar-refractivity contribution in [3.05, 3.63) is 89.8 Å². The van der Waals surface area contributed by atoms with Gasteiger partial charge in [0, 0.05) is 25.5 Å². The SMILES string of the molecule is COc1ccc(F)cc1/C(O)=C1\C(=O)C(=O)N(CCCn2ccnc2)[C@@H]1c1ccccc1. The first-order valence-electron chi connectivity index (χ1n) is 10.1. The van der Waals surface area contributed by atoms with Crippen LogP contribution in [0.2, 0.25) is 0 Å². The van der Waals surface area contributed by atoms with Crippen molar-refractivity contribution in [2.75, 3.05) is 13.7 Å². The molecule has 0 saturated carbocycles. The van der Waals surface area contributed by atoms with Crippen molar-refractivity contribution in [1.29, 1.82) is 0 Å². The molecule has 1 atom stereocenters. The van der Waals surface area contributed by atoms with Gasteiger partial charge in [-0.15, -0.1) is 0 Å². The zero-order valence-electron chi connectivity index (χ0n) is 17.4. The molecule has 4 rings (SSSR count). The first-order chi connectivity index (χ1) is 15.5. The first-order valence-corrected chi connectivity index (χ1v) is 10.1. The van der Waals surface area contributed by atoms with Crippen LogP contribution in [0.25, 0.3) is 5.76 Å². The largest absolute Gasteiger partial charge is 0.507 e. The van der Waals surface area contributed by atoms with Crippen LogP contribution in [-0.2, 0) is 16.1 Å². The van der Waals surface area contributed by atoms with Gasteiger partial charge in [-0.3, -0.25) is 9.59 Å². The van der Waals surface area contributed by atoms with E-state index in [1.165, 1.54) is 24.1 Å². The zero-order valence-corrected chi connectivity index (χ0v) is 17.4. The summed E-state index contributed by atoms with van der Waals surface area (Å²) in [6.07, 6.45) is 5.75. The second-order valence-corrected chi connectivity index (χ2v) is 7.40. The van der Waals surface area contributed by atoms with Crippen molar-refractivity contribution in [2.24, 2.45) is 0 Å². The number of hydrogen-bond acceptors (Lipinski definition) is 5. The molecule has 2 heterocycles. The number of methoxy groups -OCH3 is 1. The van der Waals surface area contributed by atoms with Gasteiger partial charge in [0.1, 0.15) is 17.3 Å². The third kappa shape index (κ3) is 3.99. The minimum absolute atomic E-state index is 0.0184. The molecule has 32 heavy (non-hydrogen) atoms. The third-order valence-corrected chi connectivity index (χ3v) is 5.45. The number of ketones is 1. The van der Waals surface area contributed by atoms with Crippen LogP contribution < -0.4 is 4.74 Å². The highest BCUT2D eigenvalue weighted by atomic mass is 19.1. The predicted octanol–water partition coefficient (Wildman–Crippen LogP) is 3.54. The molecule has 0 aliphatic carbocycles. The Hall–Kier alpha value is -3.94. The molecule has 1 aliphatic rings. The molecule has 0 unspecified atom stereocenters. The van der Waals surface area contributed by atoms with Crippen LogP contribution in [0.3, 0.4) is 0 Å². The molecule has 1 aromatic heterocycles. The van der Waals surface area contributed by atoms with Crippen LogP contribution in [0, 0.1) is 5.82 Å². The predicted molar refractivity (Wildman–Crippen MR) is 115 cm³/mol. The van der Waals surface area contributed by atoms with E-state index in [0.29, 0.717) is 25.1 Å². The number of aliphatic hydroxyl groups excluding tert-OH is 1. The molecule has 0 radical (unpaired) electrons. The van der Waals surface area contributed by atoms with Crippen molar-refractivity contribution < 1.29 is 23.8 Å². The number of halogens is 1. The number of benzene rings is 2. The lowest BCUT2D eigenvalue weighted by Crippen LogP contribution is -2.31. The van der Waals surface area contributed by atoms with Gasteiger partial charge in [0.15, 0.2) is 0 Å². The lowest BCUT2D eigenvalue weighted by molar-refractivity contribution is -0.139. The van der Waals surface area contributed by atoms with E-state index in [0.717, 1.165) is 6.07 Å². The quantitative estimate of drug-likeness (QED) is 0.349. The maximum Gasteiger partial charge on any atom is 0.295 e. The summed E-state index contributed by atoms with van der Waals surface area (Å²) in [6.45, 7) is 0.904. The minimum atomic E-state index is -0.815. The van der Waals surface area contributed by atoms with Crippen LogP contribution in [-0.4, -0.2) is 44.9 Å². The van der Waals surface area contributed by atoms with Gasteiger partial charge in [-0.05, 0) is 30.2 Å². The van der Waals surface area contributed by atoms with Gasteiger partial charge in [-0.25, -0.2) is 9.37 Å². The van der Waals surface area contributed by atoms with E-state index in [-0.39, 0.29) is 16.9 Å². The Kier molecular flexibility index (Phi) is 6.02. The zero-order chi connectivity index (χ0) is 22.7. The van der Waals surface area contributed by atoms with E-state index >= 15 is 0 Å². The number of aryl methyl sites for hydroxylation is 1. The van der Waals surface area contributed by atoms with Crippen molar-refractivity contribution in [2.45, 2.75) is 19.0 Å². The maximum atomic E-state index is 13.9. The fourth-order valence-electron chi connectivity index (χ4n) is 3.95. The van der Waals surface area contributed by atoms with Crippen molar-refractivity contribution in [1.82, 2.24) is 14.5 Å². The molecule has 0 spiro atoms. The Morgan fingerprint density at radius 2 is 1.94 bits per heavy atom. The van der Waals surface area contributed by atoms with Crippen molar-refractivity contribution >= 4 is 17.4 Å². The average Bonchev–Trinajstić information content (AvgIpc) is 3.41. The van der Waals surface area contributed by atoms with E-state index < -0.39 is 29.3 Å². The number of carbonyl (C=O) groups is 2. The topological polar surface area (TPSA) is 84.7 Å². The lowest BCUT2D eigenvalue weighted by Gasteiger charge is -2.25. The van der Waals surface area contributed by atoms with Crippen LogP contribution in [0.4, 0.5) is 4.39 Å². The third-order valence-electron chi connectivity index (χ3n) is 5.45. The summed E-state index contributed by atoms with van der Waals surface area (Å²) in [5, 5.41) is 11.1. The number of amides is 1. The number of nitrogens with zero attached hydrogens (tertiary/aromatic N) is 3. The van der Waals surface area contributed by atoms with E-state index in [9.17, 15) is 19.1 Å².